The van der Waals surface area contributed by atoms with E-state index in [0.717, 1.165) is 32.6 Å². The topological polar surface area (TPSA) is 32.7 Å². The number of rotatable bonds is 3. The summed E-state index contributed by atoms with van der Waals surface area (Å²) in [6.45, 7) is 6.44. The van der Waals surface area contributed by atoms with Crippen molar-refractivity contribution in [3.8, 4) is 0 Å². The van der Waals surface area contributed by atoms with Crippen molar-refractivity contribution in [2.45, 2.75) is 51.5 Å². The van der Waals surface area contributed by atoms with Gasteiger partial charge >= 0.3 is 0 Å². The van der Waals surface area contributed by atoms with E-state index in [2.05, 4.69) is 11.8 Å². The summed E-state index contributed by atoms with van der Waals surface area (Å²) < 4.78 is 5.60. The molecule has 3 heteroatoms. The van der Waals surface area contributed by atoms with Crippen molar-refractivity contribution in [3.63, 3.8) is 0 Å². The molecule has 2 rings (SSSR count). The summed E-state index contributed by atoms with van der Waals surface area (Å²) in [5.41, 5.74) is 0.0108. The van der Waals surface area contributed by atoms with Gasteiger partial charge in [-0.1, -0.05) is 12.8 Å². The highest BCUT2D eigenvalue weighted by molar-refractivity contribution is 4.86. The van der Waals surface area contributed by atoms with E-state index in [9.17, 15) is 5.11 Å². The van der Waals surface area contributed by atoms with Crippen LogP contribution in [0.1, 0.15) is 45.4 Å². The molecule has 2 heterocycles. The number of aliphatic hydroxyl groups is 1. The Balaban J connectivity index is 1.95. The van der Waals surface area contributed by atoms with Gasteiger partial charge in [-0.2, -0.15) is 0 Å². The van der Waals surface area contributed by atoms with E-state index < -0.39 is 0 Å². The van der Waals surface area contributed by atoms with Crippen LogP contribution in [0.5, 0.6) is 0 Å². The van der Waals surface area contributed by atoms with E-state index in [0.29, 0.717) is 6.04 Å². The Kier molecular flexibility index (Phi) is 4.83. The van der Waals surface area contributed by atoms with Gasteiger partial charge in [-0.15, -0.1) is 0 Å². The maximum Gasteiger partial charge on any atom is 0.0556 e. The molecule has 2 aliphatic rings. The number of likely N-dealkylation sites (tertiary alicyclic amines) is 1. The van der Waals surface area contributed by atoms with Gasteiger partial charge < -0.3 is 9.84 Å². The third kappa shape index (κ3) is 3.43. The molecule has 1 N–H and O–H groups in total. The number of nitrogens with zero attached hydrogens (tertiary/aromatic N) is 1. The van der Waals surface area contributed by atoms with E-state index in [1.54, 1.807) is 0 Å². The first-order chi connectivity index (χ1) is 8.26. The fraction of sp³-hybridized carbons (Fsp3) is 1.00. The minimum atomic E-state index is 0.0108. The van der Waals surface area contributed by atoms with E-state index in [4.69, 9.17) is 4.74 Å². The van der Waals surface area contributed by atoms with Crippen molar-refractivity contribution in [1.82, 2.24) is 4.90 Å². The van der Waals surface area contributed by atoms with Crippen molar-refractivity contribution in [3.05, 3.63) is 0 Å². The van der Waals surface area contributed by atoms with E-state index >= 15 is 0 Å². The van der Waals surface area contributed by atoms with Gasteiger partial charge in [-0.3, -0.25) is 4.90 Å². The third-order valence-corrected chi connectivity index (χ3v) is 4.47. The Morgan fingerprint density at radius 3 is 2.88 bits per heavy atom. The Hall–Kier alpha value is -0.120. The molecule has 0 bridgehead atoms. The second kappa shape index (κ2) is 6.17. The number of hydrogen-bond donors (Lipinski definition) is 1. The summed E-state index contributed by atoms with van der Waals surface area (Å²) in [7, 11) is 0. The minimum Gasteiger partial charge on any atom is -0.396 e. The van der Waals surface area contributed by atoms with Crippen molar-refractivity contribution in [2.24, 2.45) is 5.41 Å². The maximum atomic E-state index is 9.72. The van der Waals surface area contributed by atoms with Crippen LogP contribution in [0.2, 0.25) is 0 Å². The zero-order valence-corrected chi connectivity index (χ0v) is 11.2. The van der Waals surface area contributed by atoms with Crippen LogP contribution in [0.25, 0.3) is 0 Å². The number of hydrogen-bond acceptors (Lipinski definition) is 3. The molecule has 2 fully saturated rings. The lowest BCUT2D eigenvalue weighted by atomic mass is 9.82. The Morgan fingerprint density at radius 1 is 1.29 bits per heavy atom. The van der Waals surface area contributed by atoms with Gasteiger partial charge in [0.1, 0.15) is 0 Å². The zero-order valence-electron chi connectivity index (χ0n) is 11.2. The molecule has 2 atom stereocenters. The van der Waals surface area contributed by atoms with Gasteiger partial charge in [0.25, 0.3) is 0 Å². The van der Waals surface area contributed by atoms with Crippen LogP contribution >= 0.6 is 0 Å². The van der Waals surface area contributed by atoms with Gasteiger partial charge in [0.05, 0.1) is 13.2 Å². The molecule has 0 radical (unpaired) electrons. The average molecular weight is 241 g/mol. The van der Waals surface area contributed by atoms with Crippen molar-refractivity contribution >= 4 is 0 Å². The summed E-state index contributed by atoms with van der Waals surface area (Å²) in [5.74, 6) is 0. The molecule has 100 valence electrons. The molecule has 0 saturated carbocycles. The molecule has 3 nitrogen and oxygen atoms in total. The van der Waals surface area contributed by atoms with E-state index in [1.807, 2.05) is 0 Å². The molecule has 2 aliphatic heterocycles. The van der Waals surface area contributed by atoms with Crippen LogP contribution in [0, 0.1) is 5.41 Å². The maximum absolute atomic E-state index is 9.72. The van der Waals surface area contributed by atoms with Crippen molar-refractivity contribution in [2.75, 3.05) is 32.9 Å². The molecule has 0 amide bonds. The standard InChI is InChI=1S/C14H27NO2/c1-13-6-3-2-4-8-15(13)10-14(11-16)7-5-9-17-12-14/h13,16H,2-12H2,1H3. The summed E-state index contributed by atoms with van der Waals surface area (Å²) in [6, 6.07) is 0.669. The number of ether oxygens (including phenoxy) is 1. The zero-order chi connectivity index (χ0) is 12.1. The Bertz CT molecular complexity index is 226. The lowest BCUT2D eigenvalue weighted by Crippen LogP contribution is -2.48. The molecule has 17 heavy (non-hydrogen) atoms. The van der Waals surface area contributed by atoms with Crippen LogP contribution in [-0.4, -0.2) is 49.0 Å². The average Bonchev–Trinajstić information content (AvgIpc) is 2.56. The largest absolute Gasteiger partial charge is 0.396 e. The van der Waals surface area contributed by atoms with Gasteiger partial charge in [-0.05, 0) is 39.2 Å². The van der Waals surface area contributed by atoms with Crippen LogP contribution in [0.15, 0.2) is 0 Å². The first-order valence-electron chi connectivity index (χ1n) is 7.18. The van der Waals surface area contributed by atoms with Crippen molar-refractivity contribution < 1.29 is 9.84 Å². The van der Waals surface area contributed by atoms with Crippen LogP contribution in [-0.2, 0) is 4.74 Å². The highest BCUT2D eigenvalue weighted by Gasteiger charge is 2.35. The molecule has 2 unspecified atom stereocenters. The lowest BCUT2D eigenvalue weighted by Gasteiger charge is -2.41. The van der Waals surface area contributed by atoms with Crippen LogP contribution in [0.4, 0.5) is 0 Å². The van der Waals surface area contributed by atoms with Crippen molar-refractivity contribution in [1.29, 1.82) is 0 Å². The molecule has 2 saturated heterocycles. The second-order valence-electron chi connectivity index (χ2n) is 5.98. The van der Waals surface area contributed by atoms with Crippen LogP contribution in [0.3, 0.4) is 0 Å². The third-order valence-electron chi connectivity index (χ3n) is 4.47. The first-order valence-corrected chi connectivity index (χ1v) is 7.18. The molecular weight excluding hydrogens is 214 g/mol. The van der Waals surface area contributed by atoms with E-state index in [-0.39, 0.29) is 12.0 Å². The lowest BCUT2D eigenvalue weighted by molar-refractivity contribution is -0.0597. The Morgan fingerprint density at radius 2 is 2.18 bits per heavy atom. The molecule has 0 aromatic heterocycles. The molecule has 0 aromatic carbocycles. The monoisotopic (exact) mass is 241 g/mol. The Labute approximate surface area is 105 Å². The molecule has 0 spiro atoms. The quantitative estimate of drug-likeness (QED) is 0.821. The highest BCUT2D eigenvalue weighted by Crippen LogP contribution is 2.31. The summed E-state index contributed by atoms with van der Waals surface area (Å²) in [6.07, 6.45) is 7.56. The van der Waals surface area contributed by atoms with Crippen LogP contribution < -0.4 is 0 Å². The number of aliphatic hydroxyl groups excluding tert-OH is 1. The summed E-state index contributed by atoms with van der Waals surface area (Å²) >= 11 is 0. The summed E-state index contributed by atoms with van der Waals surface area (Å²) in [5, 5.41) is 9.72. The van der Waals surface area contributed by atoms with Gasteiger partial charge in [0.15, 0.2) is 0 Å². The van der Waals surface area contributed by atoms with Gasteiger partial charge in [0, 0.05) is 24.6 Å². The smallest absolute Gasteiger partial charge is 0.0556 e. The molecular formula is C14H27NO2. The normalized spacial score (nSPS) is 36.7. The predicted octanol–water partition coefficient (Wildman–Crippen LogP) is 2.04. The fourth-order valence-electron chi connectivity index (χ4n) is 3.21. The predicted molar refractivity (Wildman–Crippen MR) is 69.1 cm³/mol. The van der Waals surface area contributed by atoms with E-state index in [1.165, 1.54) is 32.2 Å². The van der Waals surface area contributed by atoms with Gasteiger partial charge in [-0.25, -0.2) is 0 Å². The minimum absolute atomic E-state index is 0.0108. The second-order valence-corrected chi connectivity index (χ2v) is 5.98. The molecule has 0 aromatic rings. The fourth-order valence-corrected chi connectivity index (χ4v) is 3.21. The van der Waals surface area contributed by atoms with Gasteiger partial charge in [0.2, 0.25) is 0 Å². The molecule has 0 aliphatic carbocycles. The highest BCUT2D eigenvalue weighted by atomic mass is 16.5. The SMILES string of the molecule is CC1CCCCCN1CC1(CO)CCCOC1. The first kappa shape index (κ1) is 13.3. The summed E-state index contributed by atoms with van der Waals surface area (Å²) in [4.78, 5) is 2.58.